The van der Waals surface area contributed by atoms with Crippen molar-refractivity contribution in [1.82, 2.24) is 10.2 Å². The lowest BCUT2D eigenvalue weighted by Gasteiger charge is -2.34. The molecule has 2 nitrogen and oxygen atoms in total. The molecule has 0 aromatic rings. The summed E-state index contributed by atoms with van der Waals surface area (Å²) in [5, 5.41) is 3.27. The second kappa shape index (κ2) is 9.00. The first-order chi connectivity index (χ1) is 7.54. The van der Waals surface area contributed by atoms with Crippen LogP contribution in [0.4, 0.5) is 0 Å². The summed E-state index contributed by atoms with van der Waals surface area (Å²) in [4.78, 5) is 2.69. The molecule has 0 aromatic carbocycles. The van der Waals surface area contributed by atoms with E-state index in [1.165, 1.54) is 25.9 Å². The second-order valence-corrected chi connectivity index (χ2v) is 5.48. The smallest absolute Gasteiger partial charge is 0.00902 e. The third-order valence-electron chi connectivity index (χ3n) is 3.16. The molecule has 0 saturated heterocycles. The lowest BCUT2D eigenvalue weighted by atomic mass is 10.0. The van der Waals surface area contributed by atoms with Crippen LogP contribution in [-0.2, 0) is 0 Å². The maximum atomic E-state index is 3.27. The van der Waals surface area contributed by atoms with Crippen LogP contribution in [0, 0.1) is 11.8 Å². The topological polar surface area (TPSA) is 15.3 Å². The average molecular weight is 228 g/mol. The van der Waals surface area contributed by atoms with E-state index in [1.54, 1.807) is 0 Å². The van der Waals surface area contributed by atoms with E-state index in [1.807, 2.05) is 7.05 Å². The van der Waals surface area contributed by atoms with Crippen molar-refractivity contribution >= 4 is 0 Å². The lowest BCUT2D eigenvalue weighted by molar-refractivity contribution is 0.144. The Hall–Kier alpha value is -0.0800. The second-order valence-electron chi connectivity index (χ2n) is 5.48. The zero-order valence-electron chi connectivity index (χ0n) is 12.2. The van der Waals surface area contributed by atoms with E-state index in [4.69, 9.17) is 0 Å². The van der Waals surface area contributed by atoms with Gasteiger partial charge in [-0.3, -0.25) is 4.90 Å². The molecule has 2 heteroatoms. The first-order valence-corrected chi connectivity index (χ1v) is 6.93. The quantitative estimate of drug-likeness (QED) is 0.652. The van der Waals surface area contributed by atoms with Crippen molar-refractivity contribution in [2.24, 2.45) is 11.8 Å². The molecule has 0 radical (unpaired) electrons. The van der Waals surface area contributed by atoms with Crippen molar-refractivity contribution in [2.75, 3.05) is 26.7 Å². The molecule has 0 heterocycles. The molecule has 0 amide bonds. The fraction of sp³-hybridized carbons (Fsp3) is 1.00. The van der Waals surface area contributed by atoms with E-state index in [2.05, 4.69) is 44.8 Å². The first-order valence-electron chi connectivity index (χ1n) is 6.93. The van der Waals surface area contributed by atoms with Crippen LogP contribution in [0.1, 0.15) is 47.5 Å². The number of nitrogens with one attached hydrogen (secondary N) is 1. The Morgan fingerprint density at radius 2 is 1.56 bits per heavy atom. The zero-order chi connectivity index (χ0) is 12.6. The van der Waals surface area contributed by atoms with Crippen molar-refractivity contribution < 1.29 is 0 Å². The largest absolute Gasteiger partial charge is 0.319 e. The SMILES string of the molecule is CCC(CC)N(CC(C)C)CC(C)CNC. The average Bonchev–Trinajstić information content (AvgIpc) is 2.18. The number of rotatable bonds is 9. The van der Waals surface area contributed by atoms with E-state index in [0.29, 0.717) is 0 Å². The van der Waals surface area contributed by atoms with Crippen LogP contribution >= 0.6 is 0 Å². The van der Waals surface area contributed by atoms with Crippen LogP contribution in [0.25, 0.3) is 0 Å². The van der Waals surface area contributed by atoms with E-state index in [0.717, 1.165) is 24.4 Å². The van der Waals surface area contributed by atoms with Gasteiger partial charge in [-0.25, -0.2) is 0 Å². The fourth-order valence-corrected chi connectivity index (χ4v) is 2.46. The van der Waals surface area contributed by atoms with Gasteiger partial charge in [-0.2, -0.15) is 0 Å². The molecule has 16 heavy (non-hydrogen) atoms. The molecule has 0 spiro atoms. The minimum absolute atomic E-state index is 0.740. The van der Waals surface area contributed by atoms with Crippen LogP contribution in [0.5, 0.6) is 0 Å². The predicted molar refractivity (Wildman–Crippen MR) is 73.9 cm³/mol. The van der Waals surface area contributed by atoms with Crippen LogP contribution in [0.15, 0.2) is 0 Å². The highest BCUT2D eigenvalue weighted by Crippen LogP contribution is 2.13. The van der Waals surface area contributed by atoms with Gasteiger partial charge in [-0.15, -0.1) is 0 Å². The van der Waals surface area contributed by atoms with E-state index >= 15 is 0 Å². The van der Waals surface area contributed by atoms with Crippen molar-refractivity contribution in [3.05, 3.63) is 0 Å². The van der Waals surface area contributed by atoms with Crippen LogP contribution in [0.3, 0.4) is 0 Å². The van der Waals surface area contributed by atoms with Gasteiger partial charge >= 0.3 is 0 Å². The lowest BCUT2D eigenvalue weighted by Crippen LogP contribution is -2.41. The van der Waals surface area contributed by atoms with Crippen molar-refractivity contribution in [1.29, 1.82) is 0 Å². The Bertz CT molecular complexity index is 153. The summed E-state index contributed by atoms with van der Waals surface area (Å²) >= 11 is 0. The van der Waals surface area contributed by atoms with Crippen molar-refractivity contribution in [3.63, 3.8) is 0 Å². The highest BCUT2D eigenvalue weighted by molar-refractivity contribution is 4.73. The zero-order valence-corrected chi connectivity index (χ0v) is 12.2. The Balaban J connectivity index is 4.28. The third-order valence-corrected chi connectivity index (χ3v) is 3.16. The Labute approximate surface area is 103 Å². The molecule has 1 N–H and O–H groups in total. The molecule has 0 saturated carbocycles. The van der Waals surface area contributed by atoms with Gasteiger partial charge in [0.1, 0.15) is 0 Å². The van der Waals surface area contributed by atoms with Gasteiger partial charge in [-0.05, 0) is 38.3 Å². The van der Waals surface area contributed by atoms with Crippen LogP contribution < -0.4 is 5.32 Å². The molecule has 0 aromatic heterocycles. The maximum absolute atomic E-state index is 3.27. The monoisotopic (exact) mass is 228 g/mol. The minimum Gasteiger partial charge on any atom is -0.319 e. The summed E-state index contributed by atoms with van der Waals surface area (Å²) in [6.45, 7) is 15.2. The highest BCUT2D eigenvalue weighted by atomic mass is 15.2. The normalized spacial score (nSPS) is 14.1. The Morgan fingerprint density at radius 3 is 1.94 bits per heavy atom. The van der Waals surface area contributed by atoms with Gasteiger partial charge in [0.05, 0.1) is 0 Å². The predicted octanol–water partition coefficient (Wildman–Crippen LogP) is 2.99. The maximum Gasteiger partial charge on any atom is 0.00902 e. The number of hydrogen-bond donors (Lipinski definition) is 1. The summed E-state index contributed by atoms with van der Waals surface area (Å²) in [5.41, 5.74) is 0. The molecule has 98 valence electrons. The number of hydrogen-bond acceptors (Lipinski definition) is 2. The van der Waals surface area contributed by atoms with Crippen LogP contribution in [-0.4, -0.2) is 37.6 Å². The molecule has 0 aliphatic rings. The van der Waals surface area contributed by atoms with Gasteiger partial charge in [0.2, 0.25) is 0 Å². The Kier molecular flexibility index (Phi) is 8.96. The van der Waals surface area contributed by atoms with E-state index in [9.17, 15) is 0 Å². The summed E-state index contributed by atoms with van der Waals surface area (Å²) in [5.74, 6) is 1.51. The fourth-order valence-electron chi connectivity index (χ4n) is 2.46. The van der Waals surface area contributed by atoms with Crippen LogP contribution in [0.2, 0.25) is 0 Å². The number of nitrogens with zero attached hydrogens (tertiary/aromatic N) is 1. The molecule has 0 aliphatic carbocycles. The molecule has 0 bridgehead atoms. The van der Waals surface area contributed by atoms with Crippen molar-refractivity contribution in [3.8, 4) is 0 Å². The summed E-state index contributed by atoms with van der Waals surface area (Å²) in [6, 6.07) is 0.765. The first kappa shape index (κ1) is 15.9. The van der Waals surface area contributed by atoms with Gasteiger partial charge in [0.25, 0.3) is 0 Å². The summed E-state index contributed by atoms with van der Waals surface area (Å²) in [6.07, 6.45) is 2.55. The minimum atomic E-state index is 0.740. The Morgan fingerprint density at radius 1 is 1.00 bits per heavy atom. The molecule has 0 rings (SSSR count). The molecule has 0 fully saturated rings. The molecular weight excluding hydrogens is 196 g/mol. The molecular formula is C14H32N2. The standard InChI is InChI=1S/C14H32N2/c1-7-14(8-2)16(10-12(3)4)11-13(5)9-15-6/h12-15H,7-11H2,1-6H3. The van der Waals surface area contributed by atoms with Gasteiger partial charge in [0.15, 0.2) is 0 Å². The summed E-state index contributed by atoms with van der Waals surface area (Å²) in [7, 11) is 2.04. The van der Waals surface area contributed by atoms with Gasteiger partial charge in [0, 0.05) is 19.1 Å². The molecule has 1 atom stereocenters. The molecule has 1 unspecified atom stereocenters. The summed E-state index contributed by atoms with van der Waals surface area (Å²) < 4.78 is 0. The van der Waals surface area contributed by atoms with E-state index < -0.39 is 0 Å². The van der Waals surface area contributed by atoms with E-state index in [-0.39, 0.29) is 0 Å². The van der Waals surface area contributed by atoms with Gasteiger partial charge < -0.3 is 5.32 Å². The third kappa shape index (κ3) is 6.49. The highest BCUT2D eigenvalue weighted by Gasteiger charge is 2.18. The van der Waals surface area contributed by atoms with Gasteiger partial charge in [-0.1, -0.05) is 34.6 Å². The molecule has 0 aliphatic heterocycles. The van der Waals surface area contributed by atoms with Crippen molar-refractivity contribution in [2.45, 2.75) is 53.5 Å².